The third kappa shape index (κ3) is 2.44. The van der Waals surface area contributed by atoms with Crippen molar-refractivity contribution in [2.75, 3.05) is 12.3 Å². The van der Waals surface area contributed by atoms with E-state index in [9.17, 15) is 9.90 Å². The molecule has 1 aromatic heterocycles. The summed E-state index contributed by atoms with van der Waals surface area (Å²) in [6, 6.07) is 1.55. The Morgan fingerprint density at radius 3 is 2.94 bits per heavy atom. The number of anilines is 1. The van der Waals surface area contributed by atoms with Crippen LogP contribution in [0.3, 0.4) is 0 Å². The van der Waals surface area contributed by atoms with Crippen LogP contribution in [-0.2, 0) is 4.74 Å². The van der Waals surface area contributed by atoms with E-state index < -0.39 is 24.1 Å². The van der Waals surface area contributed by atoms with Gasteiger partial charge in [-0.2, -0.15) is 4.98 Å². The SMILES string of the molecule is Nc1cc(I)n([C@H]2C[C@H](O)[C@@H](CO)O2)c(=O)n1. The molecule has 0 radical (unpaired) electrons. The van der Waals surface area contributed by atoms with E-state index in [4.69, 9.17) is 15.6 Å². The molecular weight excluding hydrogens is 341 g/mol. The van der Waals surface area contributed by atoms with Gasteiger partial charge in [-0.3, -0.25) is 4.57 Å². The Balaban J connectivity index is 2.34. The van der Waals surface area contributed by atoms with Crippen molar-refractivity contribution in [1.29, 1.82) is 0 Å². The largest absolute Gasteiger partial charge is 0.394 e. The van der Waals surface area contributed by atoms with Crippen LogP contribution in [-0.4, -0.2) is 38.6 Å². The molecule has 2 rings (SSSR count). The summed E-state index contributed by atoms with van der Waals surface area (Å²) < 4.78 is 7.28. The number of hydrogen-bond donors (Lipinski definition) is 3. The minimum atomic E-state index is -0.787. The third-order valence-corrected chi connectivity index (χ3v) is 3.43. The zero-order chi connectivity index (χ0) is 12.6. The number of nitrogens with two attached hydrogens (primary N) is 1. The minimum Gasteiger partial charge on any atom is -0.394 e. The summed E-state index contributed by atoms with van der Waals surface area (Å²) in [7, 11) is 0. The van der Waals surface area contributed by atoms with Crippen molar-refractivity contribution >= 4 is 28.4 Å². The molecule has 0 saturated carbocycles. The van der Waals surface area contributed by atoms with Crippen LogP contribution in [0.1, 0.15) is 12.6 Å². The highest BCUT2D eigenvalue weighted by Gasteiger charge is 2.35. The van der Waals surface area contributed by atoms with Gasteiger partial charge in [-0.1, -0.05) is 0 Å². The molecule has 1 aliphatic heterocycles. The van der Waals surface area contributed by atoms with Crippen molar-refractivity contribution in [2.24, 2.45) is 0 Å². The second kappa shape index (κ2) is 4.88. The molecule has 1 saturated heterocycles. The third-order valence-electron chi connectivity index (χ3n) is 2.60. The minimum absolute atomic E-state index is 0.146. The molecular formula is C9H12IN3O4. The standard InChI is InChI=1S/C9H12IN3O4/c10-6-2-7(11)12-9(16)13(6)8-1-4(15)5(3-14)17-8/h2,4-5,8,14-15H,1,3H2,(H2,11,12,16)/t4-,5+,8+/m0/s1. The number of nitrogen functional groups attached to an aromatic ring is 1. The lowest BCUT2D eigenvalue weighted by Gasteiger charge is -2.16. The maximum absolute atomic E-state index is 11.7. The van der Waals surface area contributed by atoms with Gasteiger partial charge in [0.25, 0.3) is 0 Å². The van der Waals surface area contributed by atoms with Gasteiger partial charge in [0.05, 0.1) is 16.4 Å². The van der Waals surface area contributed by atoms with Crippen LogP contribution in [0, 0.1) is 3.70 Å². The summed E-state index contributed by atoms with van der Waals surface area (Å²) in [5, 5.41) is 18.6. The smallest absolute Gasteiger partial charge is 0.352 e. The molecule has 94 valence electrons. The van der Waals surface area contributed by atoms with E-state index in [0.717, 1.165) is 0 Å². The van der Waals surface area contributed by atoms with Gasteiger partial charge in [-0.15, -0.1) is 0 Å². The normalized spacial score (nSPS) is 28.5. The van der Waals surface area contributed by atoms with Gasteiger partial charge in [0.15, 0.2) is 0 Å². The van der Waals surface area contributed by atoms with E-state index in [1.165, 1.54) is 4.57 Å². The highest BCUT2D eigenvalue weighted by Crippen LogP contribution is 2.28. The van der Waals surface area contributed by atoms with Crippen LogP contribution in [0.25, 0.3) is 0 Å². The van der Waals surface area contributed by atoms with E-state index in [2.05, 4.69) is 4.98 Å². The van der Waals surface area contributed by atoms with Crippen molar-refractivity contribution in [3.8, 4) is 0 Å². The Hall–Kier alpha value is -0.710. The molecule has 1 aromatic rings. The van der Waals surface area contributed by atoms with Crippen molar-refractivity contribution in [3.05, 3.63) is 20.3 Å². The highest BCUT2D eigenvalue weighted by molar-refractivity contribution is 14.1. The maximum atomic E-state index is 11.7. The van der Waals surface area contributed by atoms with E-state index in [1.54, 1.807) is 6.07 Å². The second-order valence-corrected chi connectivity index (χ2v) is 4.88. The average Bonchev–Trinajstić information content (AvgIpc) is 2.57. The van der Waals surface area contributed by atoms with Gasteiger partial charge in [-0.05, 0) is 22.6 Å². The van der Waals surface area contributed by atoms with Gasteiger partial charge < -0.3 is 20.7 Å². The fourth-order valence-corrected chi connectivity index (χ4v) is 2.61. The molecule has 17 heavy (non-hydrogen) atoms. The molecule has 1 fully saturated rings. The number of rotatable bonds is 2. The summed E-state index contributed by atoms with van der Waals surface area (Å²) in [4.78, 5) is 15.3. The number of aromatic nitrogens is 2. The molecule has 0 bridgehead atoms. The Labute approximate surface area is 110 Å². The fraction of sp³-hybridized carbons (Fsp3) is 0.556. The first-order valence-electron chi connectivity index (χ1n) is 5.02. The van der Waals surface area contributed by atoms with Crippen LogP contribution in [0.4, 0.5) is 5.82 Å². The van der Waals surface area contributed by atoms with Crippen molar-refractivity contribution < 1.29 is 14.9 Å². The van der Waals surface area contributed by atoms with Gasteiger partial charge in [0, 0.05) is 12.5 Å². The number of hydrogen-bond acceptors (Lipinski definition) is 6. The molecule has 0 spiro atoms. The predicted octanol–water partition coefficient (Wildman–Crippen LogP) is -0.929. The molecule has 0 aromatic carbocycles. The zero-order valence-electron chi connectivity index (χ0n) is 8.78. The lowest BCUT2D eigenvalue weighted by atomic mass is 10.2. The Morgan fingerprint density at radius 2 is 2.41 bits per heavy atom. The predicted molar refractivity (Wildman–Crippen MR) is 67.2 cm³/mol. The van der Waals surface area contributed by atoms with Crippen LogP contribution in [0.5, 0.6) is 0 Å². The Kier molecular flexibility index (Phi) is 3.66. The molecule has 0 unspecified atom stereocenters. The van der Waals surface area contributed by atoms with Crippen LogP contribution < -0.4 is 11.4 Å². The fourth-order valence-electron chi connectivity index (χ4n) is 1.78. The number of ether oxygens (including phenoxy) is 1. The van der Waals surface area contributed by atoms with Crippen molar-refractivity contribution in [3.63, 3.8) is 0 Å². The maximum Gasteiger partial charge on any atom is 0.352 e. The Bertz CT molecular complexity index is 478. The van der Waals surface area contributed by atoms with Gasteiger partial charge >= 0.3 is 5.69 Å². The van der Waals surface area contributed by atoms with Crippen LogP contribution >= 0.6 is 22.6 Å². The van der Waals surface area contributed by atoms with Crippen molar-refractivity contribution in [1.82, 2.24) is 9.55 Å². The van der Waals surface area contributed by atoms with Crippen LogP contribution in [0.15, 0.2) is 10.9 Å². The number of halogens is 1. The molecule has 4 N–H and O–H groups in total. The quantitative estimate of drug-likeness (QED) is 0.468. The lowest BCUT2D eigenvalue weighted by molar-refractivity contribution is -0.0467. The topological polar surface area (TPSA) is 111 Å². The van der Waals surface area contributed by atoms with E-state index in [-0.39, 0.29) is 18.8 Å². The molecule has 7 nitrogen and oxygen atoms in total. The van der Waals surface area contributed by atoms with E-state index in [0.29, 0.717) is 3.70 Å². The molecule has 0 amide bonds. The van der Waals surface area contributed by atoms with Gasteiger partial charge in [-0.25, -0.2) is 4.79 Å². The molecule has 0 aliphatic carbocycles. The van der Waals surface area contributed by atoms with E-state index in [1.807, 2.05) is 22.6 Å². The summed E-state index contributed by atoms with van der Waals surface area (Å²) in [5.41, 5.74) is 4.93. The first kappa shape index (κ1) is 12.7. The summed E-state index contributed by atoms with van der Waals surface area (Å²) in [6.45, 7) is -0.286. The molecule has 3 atom stereocenters. The average molecular weight is 353 g/mol. The summed E-state index contributed by atoms with van der Waals surface area (Å²) in [6.07, 6.45) is -1.83. The zero-order valence-corrected chi connectivity index (χ0v) is 10.9. The van der Waals surface area contributed by atoms with Crippen molar-refractivity contribution in [2.45, 2.75) is 24.9 Å². The van der Waals surface area contributed by atoms with Gasteiger partial charge in [0.2, 0.25) is 0 Å². The Morgan fingerprint density at radius 1 is 1.71 bits per heavy atom. The molecule has 8 heteroatoms. The second-order valence-electron chi connectivity index (χ2n) is 3.77. The monoisotopic (exact) mass is 353 g/mol. The summed E-state index contributed by atoms with van der Waals surface area (Å²) in [5.74, 6) is 0.146. The summed E-state index contributed by atoms with van der Waals surface area (Å²) >= 11 is 1.95. The lowest BCUT2D eigenvalue weighted by Crippen LogP contribution is -2.30. The highest BCUT2D eigenvalue weighted by atomic mass is 127. The van der Waals surface area contributed by atoms with Gasteiger partial charge in [0.1, 0.15) is 18.1 Å². The first-order valence-corrected chi connectivity index (χ1v) is 6.09. The molecule has 1 aliphatic rings. The van der Waals surface area contributed by atoms with E-state index >= 15 is 0 Å². The first-order chi connectivity index (χ1) is 8.02. The number of aliphatic hydroxyl groups is 2. The molecule has 2 heterocycles. The number of aliphatic hydroxyl groups excluding tert-OH is 2. The number of nitrogens with zero attached hydrogens (tertiary/aromatic N) is 2. The van der Waals surface area contributed by atoms with Crippen LogP contribution in [0.2, 0.25) is 0 Å².